The molecule has 24 heavy (non-hydrogen) atoms. The van der Waals surface area contributed by atoms with E-state index in [0.717, 1.165) is 44.1 Å². The second-order valence-electron chi connectivity index (χ2n) is 6.44. The number of carbonyl (C=O) groups excluding carboxylic acids is 2. The van der Waals surface area contributed by atoms with E-state index in [2.05, 4.69) is 17.4 Å². The van der Waals surface area contributed by atoms with Crippen LogP contribution in [0.4, 0.5) is 0 Å². The molecule has 1 aliphatic rings. The van der Waals surface area contributed by atoms with Gasteiger partial charge in [0, 0.05) is 0 Å². The van der Waals surface area contributed by atoms with Crippen LogP contribution in [0.1, 0.15) is 43.2 Å². The van der Waals surface area contributed by atoms with Crippen LogP contribution in [0.2, 0.25) is 0 Å². The molecule has 5 nitrogen and oxygen atoms in total. The van der Waals surface area contributed by atoms with Gasteiger partial charge in [0.15, 0.2) is 0 Å². The van der Waals surface area contributed by atoms with Gasteiger partial charge >= 0.3 is 5.97 Å². The van der Waals surface area contributed by atoms with Crippen molar-refractivity contribution in [3.63, 3.8) is 0 Å². The number of hydrogen-bond acceptors (Lipinski definition) is 4. The minimum Gasteiger partial charge on any atom is -0.468 e. The van der Waals surface area contributed by atoms with E-state index in [1.54, 1.807) is 0 Å². The number of aryl methyl sites for hydroxylation is 1. The summed E-state index contributed by atoms with van der Waals surface area (Å²) in [5, 5.41) is 12.3. The summed E-state index contributed by atoms with van der Waals surface area (Å²) in [5.74, 6) is -1.80. The van der Waals surface area contributed by atoms with Crippen molar-refractivity contribution in [2.24, 2.45) is 5.92 Å². The first-order chi connectivity index (χ1) is 11.6. The summed E-state index contributed by atoms with van der Waals surface area (Å²) < 4.78 is 4.81. The molecule has 132 valence electrons. The Labute approximate surface area is 143 Å². The highest BCUT2D eigenvalue weighted by Crippen LogP contribution is 2.17. The van der Waals surface area contributed by atoms with E-state index in [9.17, 15) is 14.7 Å². The van der Waals surface area contributed by atoms with E-state index in [1.807, 2.05) is 12.1 Å². The molecule has 1 aliphatic heterocycles. The van der Waals surface area contributed by atoms with Crippen molar-refractivity contribution in [2.45, 2.75) is 51.0 Å². The number of amides is 1. The Bertz CT molecular complexity index is 558. The monoisotopic (exact) mass is 333 g/mol. The maximum atomic E-state index is 12.5. The molecule has 2 bridgehead atoms. The van der Waals surface area contributed by atoms with Gasteiger partial charge in [-0.3, -0.25) is 9.59 Å². The van der Waals surface area contributed by atoms with Crippen molar-refractivity contribution in [3.05, 3.63) is 35.4 Å². The molecule has 2 atom stereocenters. The van der Waals surface area contributed by atoms with Gasteiger partial charge in [0.25, 0.3) is 0 Å². The molecule has 0 radical (unpaired) electrons. The van der Waals surface area contributed by atoms with Crippen molar-refractivity contribution in [3.8, 4) is 0 Å². The lowest BCUT2D eigenvalue weighted by atomic mass is 9.94. The fraction of sp³-hybridized carbons (Fsp3) is 0.579. The third-order valence-corrected chi connectivity index (χ3v) is 4.57. The normalized spacial score (nSPS) is 23.0. The molecule has 1 aromatic rings. The number of methoxy groups -OCH3 is 1. The first-order valence-corrected chi connectivity index (χ1v) is 8.71. The molecule has 2 N–H and O–H groups in total. The Morgan fingerprint density at radius 3 is 2.75 bits per heavy atom. The molecule has 0 aliphatic carbocycles. The zero-order valence-corrected chi connectivity index (χ0v) is 14.3. The Kier molecular flexibility index (Phi) is 7.25. The number of carbonyl (C=O) groups is 2. The highest BCUT2D eigenvalue weighted by Gasteiger charge is 2.29. The second kappa shape index (κ2) is 9.42. The number of benzene rings is 1. The number of aliphatic hydroxyl groups excluding tert-OH is 1. The Morgan fingerprint density at radius 2 is 2.00 bits per heavy atom. The fourth-order valence-corrected chi connectivity index (χ4v) is 3.16. The average Bonchev–Trinajstić information content (AvgIpc) is 2.60. The fourth-order valence-electron chi connectivity index (χ4n) is 3.16. The molecule has 0 saturated carbocycles. The predicted octanol–water partition coefficient (Wildman–Crippen LogP) is 2.00. The van der Waals surface area contributed by atoms with E-state index < -0.39 is 11.9 Å². The molecule has 1 aromatic carbocycles. The predicted molar refractivity (Wildman–Crippen MR) is 91.5 cm³/mol. The largest absolute Gasteiger partial charge is 0.468 e. The highest BCUT2D eigenvalue weighted by molar-refractivity contribution is 5.98. The van der Waals surface area contributed by atoms with Crippen LogP contribution < -0.4 is 5.32 Å². The van der Waals surface area contributed by atoms with Crippen LogP contribution in [0.25, 0.3) is 0 Å². The molecular formula is C19H27NO4. The van der Waals surface area contributed by atoms with E-state index in [1.165, 1.54) is 12.7 Å². The van der Waals surface area contributed by atoms with Gasteiger partial charge in [-0.2, -0.15) is 0 Å². The highest BCUT2D eigenvalue weighted by atomic mass is 16.5. The van der Waals surface area contributed by atoms with Crippen molar-refractivity contribution >= 4 is 11.9 Å². The van der Waals surface area contributed by atoms with E-state index in [4.69, 9.17) is 4.74 Å². The number of rotatable bonds is 2. The van der Waals surface area contributed by atoms with E-state index in [0.29, 0.717) is 6.42 Å². The third-order valence-electron chi connectivity index (χ3n) is 4.57. The maximum Gasteiger partial charge on any atom is 0.318 e. The Morgan fingerprint density at radius 1 is 1.25 bits per heavy atom. The summed E-state index contributed by atoms with van der Waals surface area (Å²) in [5.41, 5.74) is 2.19. The van der Waals surface area contributed by atoms with Crippen LogP contribution in [0.3, 0.4) is 0 Å². The van der Waals surface area contributed by atoms with Crippen molar-refractivity contribution < 1.29 is 19.4 Å². The maximum absolute atomic E-state index is 12.5. The van der Waals surface area contributed by atoms with Crippen LogP contribution in [0.5, 0.6) is 0 Å². The van der Waals surface area contributed by atoms with Crippen LogP contribution >= 0.6 is 0 Å². The standard InChI is InChI=1S/C19H27NO4/c1-24-19(23)17-12-15-9-6-8-14(11-15)7-4-2-3-5-10-16(13-21)20-18(17)22/h6,8-9,11,16-17,21H,2-5,7,10,12-13H2,1H3,(H,20,22)/t16-,17?/m0/s1. The zero-order chi connectivity index (χ0) is 17.4. The van der Waals surface area contributed by atoms with Gasteiger partial charge in [0.1, 0.15) is 5.92 Å². The Balaban J connectivity index is 2.23. The van der Waals surface area contributed by atoms with Crippen LogP contribution in [-0.4, -0.2) is 36.7 Å². The number of aliphatic hydroxyl groups is 1. The molecule has 1 unspecified atom stereocenters. The van der Waals surface area contributed by atoms with Crippen molar-refractivity contribution in [1.82, 2.24) is 5.32 Å². The summed E-state index contributed by atoms with van der Waals surface area (Å²) in [6, 6.07) is 7.75. The minimum atomic E-state index is -0.887. The molecule has 0 spiro atoms. The average molecular weight is 333 g/mol. The van der Waals surface area contributed by atoms with Gasteiger partial charge in [0.05, 0.1) is 19.8 Å². The zero-order valence-electron chi connectivity index (χ0n) is 14.3. The van der Waals surface area contributed by atoms with Crippen molar-refractivity contribution in [1.29, 1.82) is 0 Å². The summed E-state index contributed by atoms with van der Waals surface area (Å²) >= 11 is 0. The molecular weight excluding hydrogens is 306 g/mol. The minimum absolute atomic E-state index is 0.116. The lowest BCUT2D eigenvalue weighted by Gasteiger charge is -2.21. The lowest BCUT2D eigenvalue weighted by molar-refractivity contribution is -0.150. The topological polar surface area (TPSA) is 75.6 Å². The number of hydrogen-bond donors (Lipinski definition) is 2. The van der Waals surface area contributed by atoms with Gasteiger partial charge in [-0.05, 0) is 36.8 Å². The first-order valence-electron chi connectivity index (χ1n) is 8.71. The van der Waals surface area contributed by atoms with Gasteiger partial charge < -0.3 is 15.2 Å². The van der Waals surface area contributed by atoms with E-state index in [-0.39, 0.29) is 18.6 Å². The van der Waals surface area contributed by atoms with Crippen LogP contribution in [0.15, 0.2) is 24.3 Å². The molecule has 0 fully saturated rings. The number of nitrogens with one attached hydrogen (secondary N) is 1. The summed E-state index contributed by atoms with van der Waals surface area (Å²) in [7, 11) is 1.29. The molecule has 5 heteroatoms. The summed E-state index contributed by atoms with van der Waals surface area (Å²) in [6.07, 6.45) is 6.33. The lowest BCUT2D eigenvalue weighted by Crippen LogP contribution is -2.44. The molecule has 0 aromatic heterocycles. The van der Waals surface area contributed by atoms with Crippen molar-refractivity contribution in [2.75, 3.05) is 13.7 Å². The van der Waals surface area contributed by atoms with Crippen LogP contribution in [-0.2, 0) is 27.2 Å². The van der Waals surface area contributed by atoms with Gasteiger partial charge in [-0.1, -0.05) is 43.5 Å². The SMILES string of the molecule is COC(=O)C1Cc2cccc(c2)CCCCCC[C@@H](CO)NC1=O. The summed E-state index contributed by atoms with van der Waals surface area (Å²) in [4.78, 5) is 24.6. The third kappa shape index (κ3) is 5.34. The van der Waals surface area contributed by atoms with Gasteiger partial charge in [-0.25, -0.2) is 0 Å². The van der Waals surface area contributed by atoms with Gasteiger partial charge in [0.2, 0.25) is 5.91 Å². The van der Waals surface area contributed by atoms with Gasteiger partial charge in [-0.15, -0.1) is 0 Å². The van der Waals surface area contributed by atoms with E-state index >= 15 is 0 Å². The quantitative estimate of drug-likeness (QED) is 0.641. The number of fused-ring (bicyclic) bond motifs is 2. The van der Waals surface area contributed by atoms with Crippen LogP contribution in [0, 0.1) is 5.92 Å². The Hall–Kier alpha value is -1.88. The molecule has 1 heterocycles. The smallest absolute Gasteiger partial charge is 0.318 e. The number of ether oxygens (including phenoxy) is 1. The molecule has 1 amide bonds. The first kappa shape index (κ1) is 18.5. The summed E-state index contributed by atoms with van der Waals surface area (Å²) in [6.45, 7) is -0.116. The second-order valence-corrected chi connectivity index (χ2v) is 6.44. The number of esters is 1. The molecule has 0 saturated heterocycles. The molecule has 2 rings (SSSR count).